The van der Waals surface area contributed by atoms with Crippen molar-refractivity contribution < 1.29 is 14.1 Å². The van der Waals surface area contributed by atoms with Gasteiger partial charge in [0.1, 0.15) is 17.0 Å². The lowest BCUT2D eigenvalue weighted by Crippen LogP contribution is -2.31. The van der Waals surface area contributed by atoms with Crippen LogP contribution in [0.25, 0.3) is 11.3 Å². The number of hydrogen-bond donors (Lipinski definition) is 2. The maximum atomic E-state index is 12.9. The Morgan fingerprint density at radius 2 is 2.04 bits per heavy atom. The first-order chi connectivity index (χ1) is 13.0. The fourth-order valence-electron chi connectivity index (χ4n) is 3.16. The van der Waals surface area contributed by atoms with E-state index in [0.717, 1.165) is 12.0 Å². The van der Waals surface area contributed by atoms with E-state index in [-0.39, 0.29) is 11.8 Å². The monoisotopic (exact) mass is 381 g/mol. The Bertz CT molecular complexity index is 1060. The Hall–Kier alpha value is -3.12. The third-order valence-corrected chi connectivity index (χ3v) is 4.84. The lowest BCUT2D eigenvalue weighted by molar-refractivity contribution is 0.0944. The minimum absolute atomic E-state index is 0.134. The average molecular weight is 382 g/mol. The number of halogens is 1. The van der Waals surface area contributed by atoms with Crippen LogP contribution in [0.3, 0.4) is 0 Å². The van der Waals surface area contributed by atoms with Crippen LogP contribution in [-0.2, 0) is 6.42 Å². The van der Waals surface area contributed by atoms with Crippen molar-refractivity contribution in [2.75, 3.05) is 11.9 Å². The quantitative estimate of drug-likeness (QED) is 0.721. The highest BCUT2D eigenvalue weighted by Gasteiger charge is 2.24. The van der Waals surface area contributed by atoms with Gasteiger partial charge >= 0.3 is 0 Å². The van der Waals surface area contributed by atoms with Gasteiger partial charge in [-0.2, -0.15) is 0 Å². The van der Waals surface area contributed by atoms with Crippen molar-refractivity contribution in [2.45, 2.75) is 13.3 Å². The first kappa shape index (κ1) is 17.3. The molecule has 2 amide bonds. The highest BCUT2D eigenvalue weighted by Crippen LogP contribution is 2.31. The van der Waals surface area contributed by atoms with Gasteiger partial charge in [0.2, 0.25) is 0 Å². The third-order valence-electron chi connectivity index (χ3n) is 4.51. The van der Waals surface area contributed by atoms with Crippen LogP contribution >= 0.6 is 11.6 Å². The molecule has 1 aliphatic rings. The van der Waals surface area contributed by atoms with E-state index in [1.807, 2.05) is 12.1 Å². The molecule has 1 aromatic heterocycles. The average Bonchev–Trinajstić information content (AvgIpc) is 3.04. The molecule has 2 heterocycles. The van der Waals surface area contributed by atoms with Crippen LogP contribution < -0.4 is 10.6 Å². The van der Waals surface area contributed by atoms with Crippen LogP contribution in [-0.4, -0.2) is 23.5 Å². The molecule has 0 spiro atoms. The van der Waals surface area contributed by atoms with Crippen molar-refractivity contribution in [1.29, 1.82) is 0 Å². The Morgan fingerprint density at radius 1 is 1.22 bits per heavy atom. The van der Waals surface area contributed by atoms with Crippen molar-refractivity contribution in [3.63, 3.8) is 0 Å². The molecule has 0 bridgehead atoms. The summed E-state index contributed by atoms with van der Waals surface area (Å²) >= 11 is 6.24. The number of anilines is 1. The molecule has 7 heteroatoms. The number of carbonyl (C=O) groups is 2. The van der Waals surface area contributed by atoms with Gasteiger partial charge in [0.25, 0.3) is 11.8 Å². The first-order valence-corrected chi connectivity index (χ1v) is 8.86. The molecule has 0 radical (unpaired) electrons. The molecule has 0 fully saturated rings. The van der Waals surface area contributed by atoms with Gasteiger partial charge in [-0.05, 0) is 37.1 Å². The van der Waals surface area contributed by atoms with E-state index in [9.17, 15) is 9.59 Å². The van der Waals surface area contributed by atoms with Crippen molar-refractivity contribution >= 4 is 29.1 Å². The van der Waals surface area contributed by atoms with Crippen molar-refractivity contribution in [2.24, 2.45) is 0 Å². The molecule has 4 rings (SSSR count). The summed E-state index contributed by atoms with van der Waals surface area (Å²) in [5, 5.41) is 10.1. The minimum atomic E-state index is -0.375. The highest BCUT2D eigenvalue weighted by atomic mass is 35.5. The Kier molecular flexibility index (Phi) is 4.41. The van der Waals surface area contributed by atoms with Crippen LogP contribution in [0.2, 0.25) is 5.02 Å². The maximum Gasteiger partial charge on any atom is 0.261 e. The Balaban J connectivity index is 1.67. The maximum absolute atomic E-state index is 12.9. The summed E-state index contributed by atoms with van der Waals surface area (Å²) in [7, 11) is 0. The first-order valence-electron chi connectivity index (χ1n) is 8.48. The molecule has 0 aliphatic carbocycles. The number of nitrogens with zero attached hydrogens (tertiary/aromatic N) is 1. The molecular weight excluding hydrogens is 366 g/mol. The van der Waals surface area contributed by atoms with Gasteiger partial charge in [-0.3, -0.25) is 9.59 Å². The summed E-state index contributed by atoms with van der Waals surface area (Å²) in [5.41, 5.74) is 3.38. The molecule has 136 valence electrons. The van der Waals surface area contributed by atoms with Crippen LogP contribution in [0.1, 0.15) is 32.0 Å². The van der Waals surface area contributed by atoms with E-state index in [1.165, 1.54) is 0 Å². The summed E-state index contributed by atoms with van der Waals surface area (Å²) in [5.74, 6) is -0.122. The topological polar surface area (TPSA) is 84.2 Å². The zero-order valence-electron chi connectivity index (χ0n) is 14.5. The third kappa shape index (κ3) is 3.19. The van der Waals surface area contributed by atoms with Gasteiger partial charge in [0, 0.05) is 23.4 Å². The summed E-state index contributed by atoms with van der Waals surface area (Å²) in [6, 6.07) is 12.4. The van der Waals surface area contributed by atoms with Crippen molar-refractivity contribution in [1.82, 2.24) is 10.5 Å². The number of benzene rings is 2. The number of fused-ring (bicyclic) bond motifs is 1. The highest BCUT2D eigenvalue weighted by molar-refractivity contribution is 6.33. The van der Waals surface area contributed by atoms with Gasteiger partial charge in [0.15, 0.2) is 0 Å². The summed E-state index contributed by atoms with van der Waals surface area (Å²) in [4.78, 5) is 24.9. The van der Waals surface area contributed by atoms with Gasteiger partial charge in [-0.15, -0.1) is 0 Å². The van der Waals surface area contributed by atoms with Gasteiger partial charge in [0.05, 0.1) is 5.02 Å². The molecular formula is C20H16ClN3O3. The fraction of sp³-hybridized carbons (Fsp3) is 0.150. The number of aromatic nitrogens is 1. The van der Waals surface area contributed by atoms with Crippen LogP contribution in [0.5, 0.6) is 0 Å². The van der Waals surface area contributed by atoms with E-state index in [0.29, 0.717) is 45.4 Å². The van der Waals surface area contributed by atoms with Crippen LogP contribution in [0.4, 0.5) is 5.69 Å². The Labute approximate surface area is 160 Å². The number of carbonyl (C=O) groups excluding carboxylic acids is 2. The normalized spacial score (nSPS) is 13.0. The second-order valence-electron chi connectivity index (χ2n) is 6.27. The SMILES string of the molecule is Cc1onc(-c2ccccc2Cl)c1C(=O)Nc1ccc2c(c1)C(=O)NCC2. The molecule has 27 heavy (non-hydrogen) atoms. The zero-order chi connectivity index (χ0) is 19.0. The molecule has 1 aliphatic heterocycles. The second-order valence-corrected chi connectivity index (χ2v) is 6.68. The van der Waals surface area contributed by atoms with Gasteiger partial charge in [-0.25, -0.2) is 0 Å². The second kappa shape index (κ2) is 6.89. The largest absolute Gasteiger partial charge is 0.360 e. The molecule has 0 atom stereocenters. The Morgan fingerprint density at radius 3 is 2.85 bits per heavy atom. The predicted molar refractivity (Wildman–Crippen MR) is 102 cm³/mol. The zero-order valence-corrected chi connectivity index (χ0v) is 15.3. The minimum Gasteiger partial charge on any atom is -0.360 e. The van der Waals surface area contributed by atoms with E-state index < -0.39 is 0 Å². The van der Waals surface area contributed by atoms with Gasteiger partial charge in [-0.1, -0.05) is 41.0 Å². The lowest BCUT2D eigenvalue weighted by atomic mass is 9.99. The van der Waals surface area contributed by atoms with E-state index in [4.69, 9.17) is 16.1 Å². The summed E-state index contributed by atoms with van der Waals surface area (Å²) in [6.07, 6.45) is 0.775. The standard InChI is InChI=1S/C20H16ClN3O3/c1-11-17(18(24-27-11)14-4-2-3-5-16(14)21)20(26)23-13-7-6-12-8-9-22-19(25)15(12)10-13/h2-7,10H,8-9H2,1H3,(H,22,25)(H,23,26). The number of rotatable bonds is 3. The van der Waals surface area contributed by atoms with Crippen molar-refractivity contribution in [3.05, 3.63) is 69.9 Å². The van der Waals surface area contributed by atoms with Crippen LogP contribution in [0.15, 0.2) is 47.0 Å². The van der Waals surface area contributed by atoms with E-state index in [1.54, 1.807) is 37.3 Å². The molecule has 2 N–H and O–H groups in total. The fourth-order valence-corrected chi connectivity index (χ4v) is 3.38. The molecule has 2 aromatic carbocycles. The lowest BCUT2D eigenvalue weighted by Gasteiger charge is -2.17. The molecule has 0 saturated carbocycles. The molecule has 0 saturated heterocycles. The number of nitrogens with one attached hydrogen (secondary N) is 2. The molecule has 6 nitrogen and oxygen atoms in total. The smallest absolute Gasteiger partial charge is 0.261 e. The molecule has 0 unspecified atom stereocenters. The van der Waals surface area contributed by atoms with E-state index in [2.05, 4.69) is 15.8 Å². The number of aryl methyl sites for hydroxylation is 1. The van der Waals surface area contributed by atoms with Gasteiger partial charge < -0.3 is 15.2 Å². The number of amides is 2. The van der Waals surface area contributed by atoms with Crippen LogP contribution in [0, 0.1) is 6.92 Å². The predicted octanol–water partition coefficient (Wildman–Crippen LogP) is 3.84. The summed E-state index contributed by atoms with van der Waals surface area (Å²) in [6.45, 7) is 2.29. The van der Waals surface area contributed by atoms with E-state index >= 15 is 0 Å². The summed E-state index contributed by atoms with van der Waals surface area (Å²) < 4.78 is 5.24. The molecule has 3 aromatic rings. The number of hydrogen-bond acceptors (Lipinski definition) is 4. The van der Waals surface area contributed by atoms with Crippen molar-refractivity contribution in [3.8, 4) is 11.3 Å².